The Morgan fingerprint density at radius 3 is 2.86 bits per heavy atom. The molecule has 0 saturated heterocycles. The van der Waals surface area contributed by atoms with Gasteiger partial charge in [0, 0.05) is 20.1 Å². The molecule has 1 aliphatic carbocycles. The first-order chi connectivity index (χ1) is 6.78. The van der Waals surface area contributed by atoms with E-state index in [2.05, 4.69) is 15.5 Å². The zero-order valence-corrected chi connectivity index (χ0v) is 8.49. The summed E-state index contributed by atoms with van der Waals surface area (Å²) in [5.41, 5.74) is 0. The number of rotatable bonds is 4. The maximum absolute atomic E-state index is 5.24. The van der Waals surface area contributed by atoms with E-state index in [1.54, 1.807) is 14.0 Å². The predicted octanol–water partition coefficient (Wildman–Crippen LogP) is 0.645. The Kier molecular flexibility index (Phi) is 2.79. The van der Waals surface area contributed by atoms with Crippen molar-refractivity contribution in [2.24, 2.45) is 0 Å². The van der Waals surface area contributed by atoms with Crippen molar-refractivity contribution in [2.75, 3.05) is 7.11 Å². The van der Waals surface area contributed by atoms with Crippen LogP contribution >= 0.6 is 0 Å². The van der Waals surface area contributed by atoms with E-state index in [1.807, 2.05) is 0 Å². The van der Waals surface area contributed by atoms with Crippen LogP contribution in [0.15, 0.2) is 4.42 Å². The maximum Gasteiger partial charge on any atom is 0.230 e. The Morgan fingerprint density at radius 2 is 2.29 bits per heavy atom. The summed E-state index contributed by atoms with van der Waals surface area (Å²) >= 11 is 0. The van der Waals surface area contributed by atoms with Crippen LogP contribution in [-0.4, -0.2) is 29.5 Å². The maximum atomic E-state index is 5.24. The molecule has 0 aromatic carbocycles. The lowest BCUT2D eigenvalue weighted by atomic mass is 9.89. The number of aryl methyl sites for hydroxylation is 1. The zero-order valence-electron chi connectivity index (χ0n) is 8.49. The summed E-state index contributed by atoms with van der Waals surface area (Å²) < 4.78 is 10.4. The van der Waals surface area contributed by atoms with Gasteiger partial charge in [0.2, 0.25) is 11.8 Å². The van der Waals surface area contributed by atoms with Gasteiger partial charge in [-0.25, -0.2) is 0 Å². The van der Waals surface area contributed by atoms with Gasteiger partial charge in [-0.2, -0.15) is 0 Å². The topological polar surface area (TPSA) is 60.2 Å². The Balaban J connectivity index is 1.69. The van der Waals surface area contributed by atoms with Crippen molar-refractivity contribution >= 4 is 0 Å². The van der Waals surface area contributed by atoms with Gasteiger partial charge in [0.1, 0.15) is 0 Å². The highest BCUT2D eigenvalue weighted by Gasteiger charge is 2.28. The Labute approximate surface area is 82.8 Å². The van der Waals surface area contributed by atoms with Crippen LogP contribution in [0.25, 0.3) is 0 Å². The van der Waals surface area contributed by atoms with Crippen molar-refractivity contribution in [1.82, 2.24) is 15.5 Å². The van der Waals surface area contributed by atoms with E-state index in [0.717, 1.165) is 12.8 Å². The third-order valence-corrected chi connectivity index (χ3v) is 2.54. The fourth-order valence-corrected chi connectivity index (χ4v) is 1.57. The second-order valence-corrected chi connectivity index (χ2v) is 3.62. The number of nitrogens with zero attached hydrogens (tertiary/aromatic N) is 2. The number of hydrogen-bond donors (Lipinski definition) is 1. The second kappa shape index (κ2) is 4.06. The molecule has 0 unspecified atom stereocenters. The third kappa shape index (κ3) is 2.10. The standard InChI is InChI=1S/C9H15N3O2/c1-6-11-12-9(14-6)5-10-7-3-8(4-7)13-2/h7-8,10H,3-5H2,1-2H3. The molecule has 5 heteroatoms. The molecule has 0 spiro atoms. The Morgan fingerprint density at radius 1 is 1.50 bits per heavy atom. The van der Waals surface area contributed by atoms with Gasteiger partial charge in [-0.3, -0.25) is 0 Å². The van der Waals surface area contributed by atoms with Crippen LogP contribution in [0.4, 0.5) is 0 Å². The van der Waals surface area contributed by atoms with Crippen molar-refractivity contribution in [3.05, 3.63) is 11.8 Å². The summed E-state index contributed by atoms with van der Waals surface area (Å²) in [5, 5.41) is 11.0. The van der Waals surface area contributed by atoms with Gasteiger partial charge in [0.25, 0.3) is 0 Å². The van der Waals surface area contributed by atoms with Gasteiger partial charge in [-0.1, -0.05) is 0 Å². The molecular weight excluding hydrogens is 182 g/mol. The van der Waals surface area contributed by atoms with E-state index in [-0.39, 0.29) is 0 Å². The molecule has 1 fully saturated rings. The molecule has 1 aliphatic rings. The zero-order chi connectivity index (χ0) is 9.97. The largest absolute Gasteiger partial charge is 0.424 e. The number of aromatic nitrogens is 2. The average molecular weight is 197 g/mol. The first kappa shape index (κ1) is 9.61. The Bertz CT molecular complexity index is 294. The molecule has 0 amide bonds. The molecule has 1 heterocycles. The van der Waals surface area contributed by atoms with E-state index in [0.29, 0.717) is 30.5 Å². The van der Waals surface area contributed by atoms with Crippen LogP contribution in [-0.2, 0) is 11.3 Å². The quantitative estimate of drug-likeness (QED) is 0.767. The van der Waals surface area contributed by atoms with E-state index >= 15 is 0 Å². The minimum atomic E-state index is 0.428. The molecule has 0 radical (unpaired) electrons. The van der Waals surface area contributed by atoms with Gasteiger partial charge in [-0.05, 0) is 12.8 Å². The van der Waals surface area contributed by atoms with Crippen LogP contribution < -0.4 is 5.32 Å². The van der Waals surface area contributed by atoms with Gasteiger partial charge in [-0.15, -0.1) is 10.2 Å². The summed E-state index contributed by atoms with van der Waals surface area (Å²) in [5.74, 6) is 1.27. The summed E-state index contributed by atoms with van der Waals surface area (Å²) in [7, 11) is 1.75. The average Bonchev–Trinajstić information content (AvgIpc) is 2.49. The summed E-state index contributed by atoms with van der Waals surface area (Å²) in [6.45, 7) is 2.45. The number of ether oxygens (including phenoxy) is 1. The van der Waals surface area contributed by atoms with Crippen molar-refractivity contribution in [2.45, 2.75) is 38.5 Å². The van der Waals surface area contributed by atoms with Crippen LogP contribution in [0.2, 0.25) is 0 Å². The fourth-order valence-electron chi connectivity index (χ4n) is 1.57. The molecule has 1 aromatic rings. The monoisotopic (exact) mass is 197 g/mol. The Hall–Kier alpha value is -0.940. The highest BCUT2D eigenvalue weighted by atomic mass is 16.5. The molecule has 0 atom stereocenters. The molecule has 1 aromatic heterocycles. The molecule has 0 bridgehead atoms. The van der Waals surface area contributed by atoms with E-state index in [4.69, 9.17) is 9.15 Å². The molecule has 78 valence electrons. The number of nitrogens with one attached hydrogen (secondary N) is 1. The minimum Gasteiger partial charge on any atom is -0.424 e. The lowest BCUT2D eigenvalue weighted by Gasteiger charge is -2.34. The molecule has 0 aliphatic heterocycles. The van der Waals surface area contributed by atoms with E-state index in [1.165, 1.54) is 0 Å². The van der Waals surface area contributed by atoms with E-state index < -0.39 is 0 Å². The summed E-state index contributed by atoms with van der Waals surface area (Å²) in [6.07, 6.45) is 2.57. The lowest BCUT2D eigenvalue weighted by Crippen LogP contribution is -2.44. The fraction of sp³-hybridized carbons (Fsp3) is 0.778. The molecular formula is C9H15N3O2. The summed E-state index contributed by atoms with van der Waals surface area (Å²) in [6, 6.07) is 0.534. The molecule has 1 N–H and O–H groups in total. The first-order valence-electron chi connectivity index (χ1n) is 4.83. The third-order valence-electron chi connectivity index (χ3n) is 2.54. The van der Waals surface area contributed by atoms with Gasteiger partial charge < -0.3 is 14.5 Å². The molecule has 1 saturated carbocycles. The first-order valence-corrected chi connectivity index (χ1v) is 4.83. The van der Waals surface area contributed by atoms with Gasteiger partial charge in [0.05, 0.1) is 12.6 Å². The molecule has 14 heavy (non-hydrogen) atoms. The van der Waals surface area contributed by atoms with E-state index in [9.17, 15) is 0 Å². The predicted molar refractivity (Wildman–Crippen MR) is 49.7 cm³/mol. The normalized spacial score (nSPS) is 26.1. The van der Waals surface area contributed by atoms with Gasteiger partial charge in [0.15, 0.2) is 0 Å². The second-order valence-electron chi connectivity index (χ2n) is 3.62. The van der Waals surface area contributed by atoms with Crippen LogP contribution in [0, 0.1) is 6.92 Å². The van der Waals surface area contributed by atoms with Crippen molar-refractivity contribution < 1.29 is 9.15 Å². The number of hydrogen-bond acceptors (Lipinski definition) is 5. The van der Waals surface area contributed by atoms with Crippen LogP contribution in [0.1, 0.15) is 24.6 Å². The van der Waals surface area contributed by atoms with Crippen molar-refractivity contribution in [3.8, 4) is 0 Å². The SMILES string of the molecule is COC1CC(NCc2nnc(C)o2)C1. The highest BCUT2D eigenvalue weighted by Crippen LogP contribution is 2.22. The smallest absolute Gasteiger partial charge is 0.230 e. The van der Waals surface area contributed by atoms with Crippen LogP contribution in [0.3, 0.4) is 0 Å². The lowest BCUT2D eigenvalue weighted by molar-refractivity contribution is 0.0164. The minimum absolute atomic E-state index is 0.428. The summed E-state index contributed by atoms with van der Waals surface area (Å²) in [4.78, 5) is 0. The van der Waals surface area contributed by atoms with Crippen molar-refractivity contribution in [3.63, 3.8) is 0 Å². The number of methoxy groups -OCH3 is 1. The van der Waals surface area contributed by atoms with Crippen molar-refractivity contribution in [1.29, 1.82) is 0 Å². The van der Waals surface area contributed by atoms with Crippen LogP contribution in [0.5, 0.6) is 0 Å². The molecule has 2 rings (SSSR count). The highest BCUT2D eigenvalue weighted by molar-refractivity contribution is 4.87. The molecule has 5 nitrogen and oxygen atoms in total. The van der Waals surface area contributed by atoms with Gasteiger partial charge >= 0.3 is 0 Å².